The summed E-state index contributed by atoms with van der Waals surface area (Å²) in [5, 5.41) is 5.67. The van der Waals surface area contributed by atoms with E-state index in [1.165, 1.54) is 11.0 Å². The zero-order valence-corrected chi connectivity index (χ0v) is 17.0. The molecule has 6 nitrogen and oxygen atoms in total. The molecule has 0 spiro atoms. The molecule has 2 aromatic rings. The van der Waals surface area contributed by atoms with Crippen LogP contribution >= 0.6 is 11.6 Å². The third-order valence-electron chi connectivity index (χ3n) is 4.66. The van der Waals surface area contributed by atoms with Gasteiger partial charge in [0.2, 0.25) is 5.91 Å². The molecule has 8 heteroatoms. The Morgan fingerprint density at radius 3 is 2.76 bits per heavy atom. The Labute approximate surface area is 173 Å². The summed E-state index contributed by atoms with van der Waals surface area (Å²) >= 11 is 6.63. The van der Waals surface area contributed by atoms with Crippen LogP contribution in [0.4, 0.5) is 20.6 Å². The quantitative estimate of drug-likeness (QED) is 0.716. The molecule has 2 aromatic carbocycles. The zero-order chi connectivity index (χ0) is 21.0. The van der Waals surface area contributed by atoms with Gasteiger partial charge in [-0.25, -0.2) is 9.18 Å². The molecule has 0 aliphatic carbocycles. The topological polar surface area (TPSA) is 73.8 Å². The number of carbonyl (C=O) groups is 2. The Bertz CT molecular complexity index is 977. The highest BCUT2D eigenvalue weighted by atomic mass is 35.5. The van der Waals surface area contributed by atoms with Gasteiger partial charge >= 0.3 is 6.03 Å². The summed E-state index contributed by atoms with van der Waals surface area (Å²) in [4.78, 5) is 30.3. The minimum Gasteiger partial charge on any atom is -0.338 e. The average Bonchev–Trinajstić information content (AvgIpc) is 2.82. The van der Waals surface area contributed by atoms with Crippen LogP contribution in [0.5, 0.6) is 0 Å². The number of carbonyl (C=O) groups excluding carboxylic acids is 2. The number of nitrogens with zero attached hydrogens (tertiary/aromatic N) is 2. The van der Waals surface area contributed by atoms with E-state index in [4.69, 9.17) is 11.6 Å². The van der Waals surface area contributed by atoms with Gasteiger partial charge in [0.25, 0.3) is 0 Å². The second-order valence-corrected chi connectivity index (χ2v) is 7.03. The first-order chi connectivity index (χ1) is 13.9. The smallest absolute Gasteiger partial charge is 0.319 e. The van der Waals surface area contributed by atoms with Gasteiger partial charge in [-0.3, -0.25) is 9.79 Å². The molecule has 0 unspecified atom stereocenters. The Morgan fingerprint density at radius 1 is 1.28 bits per heavy atom. The number of likely N-dealkylation sites (N-methyl/N-ethyl adjacent to an activating group) is 1. The van der Waals surface area contributed by atoms with Crippen LogP contribution in [0.2, 0.25) is 5.02 Å². The molecule has 0 fully saturated rings. The highest BCUT2D eigenvalue weighted by molar-refractivity contribution is 6.40. The summed E-state index contributed by atoms with van der Waals surface area (Å²) < 4.78 is 14.5. The van der Waals surface area contributed by atoms with E-state index in [0.29, 0.717) is 23.5 Å². The number of fused-ring (bicyclic) bond motifs is 1. The maximum absolute atomic E-state index is 14.5. The molecule has 152 valence electrons. The van der Waals surface area contributed by atoms with Crippen molar-refractivity contribution in [3.8, 4) is 0 Å². The van der Waals surface area contributed by atoms with Crippen LogP contribution in [0.25, 0.3) is 0 Å². The van der Waals surface area contributed by atoms with E-state index in [9.17, 15) is 14.0 Å². The van der Waals surface area contributed by atoms with Gasteiger partial charge in [0.1, 0.15) is 12.4 Å². The second kappa shape index (κ2) is 9.05. The molecule has 0 aromatic heterocycles. The first-order valence-corrected chi connectivity index (χ1v) is 9.75. The summed E-state index contributed by atoms with van der Waals surface area (Å²) in [5.74, 6) is -0.715. The zero-order valence-electron chi connectivity index (χ0n) is 16.3. The van der Waals surface area contributed by atoms with Crippen LogP contribution in [0.3, 0.4) is 0 Å². The molecule has 0 bridgehead atoms. The maximum Gasteiger partial charge on any atom is 0.319 e. The number of benzene rings is 2. The van der Waals surface area contributed by atoms with Gasteiger partial charge in [0, 0.05) is 24.7 Å². The lowest BCUT2D eigenvalue weighted by atomic mass is 9.99. The van der Waals surface area contributed by atoms with Gasteiger partial charge in [-0.2, -0.15) is 0 Å². The number of benzodiazepines with no additional fused rings is 1. The van der Waals surface area contributed by atoms with E-state index in [-0.39, 0.29) is 34.8 Å². The fraction of sp³-hybridized carbons (Fsp3) is 0.286. The second-order valence-electron chi connectivity index (χ2n) is 6.65. The highest BCUT2D eigenvalue weighted by Crippen LogP contribution is 2.37. The van der Waals surface area contributed by atoms with E-state index in [1.54, 1.807) is 37.4 Å². The number of aliphatic imine (C=N–C) groups is 1. The van der Waals surface area contributed by atoms with E-state index in [1.807, 2.05) is 6.92 Å². The minimum atomic E-state index is -0.471. The predicted octanol–water partition coefficient (Wildman–Crippen LogP) is 4.21. The van der Waals surface area contributed by atoms with E-state index < -0.39 is 5.82 Å². The first kappa shape index (κ1) is 20.8. The fourth-order valence-electron chi connectivity index (χ4n) is 3.05. The predicted molar refractivity (Wildman–Crippen MR) is 114 cm³/mol. The molecule has 0 radical (unpaired) electrons. The van der Waals surface area contributed by atoms with Crippen molar-refractivity contribution in [1.82, 2.24) is 5.32 Å². The van der Waals surface area contributed by atoms with Crippen LogP contribution in [0, 0.1) is 5.82 Å². The molecule has 2 N–H and O–H groups in total. The third-order valence-corrected chi connectivity index (χ3v) is 5.05. The third kappa shape index (κ3) is 4.40. The molecule has 0 saturated carbocycles. The number of amides is 3. The van der Waals surface area contributed by atoms with Crippen molar-refractivity contribution in [3.63, 3.8) is 0 Å². The van der Waals surface area contributed by atoms with Crippen molar-refractivity contribution in [1.29, 1.82) is 0 Å². The van der Waals surface area contributed by atoms with Gasteiger partial charge in [-0.05, 0) is 30.7 Å². The van der Waals surface area contributed by atoms with Crippen LogP contribution in [0.15, 0.2) is 41.4 Å². The number of nitrogens with one attached hydrogen (secondary N) is 2. The van der Waals surface area contributed by atoms with Crippen LogP contribution < -0.4 is 15.5 Å². The Morgan fingerprint density at radius 2 is 2.03 bits per heavy atom. The number of hydrogen-bond donors (Lipinski definition) is 2. The number of unbranched alkanes of at least 4 members (excludes halogenated alkanes) is 1. The molecular formula is C21H22ClFN4O2. The molecule has 1 aliphatic heterocycles. The molecule has 1 heterocycles. The molecule has 29 heavy (non-hydrogen) atoms. The van der Waals surface area contributed by atoms with Gasteiger partial charge in [-0.1, -0.05) is 37.1 Å². The van der Waals surface area contributed by atoms with Crippen molar-refractivity contribution >= 4 is 40.6 Å². The fourth-order valence-corrected chi connectivity index (χ4v) is 3.35. The number of hydrogen-bond acceptors (Lipinski definition) is 3. The van der Waals surface area contributed by atoms with Crippen LogP contribution in [0.1, 0.15) is 30.9 Å². The largest absolute Gasteiger partial charge is 0.338 e. The first-order valence-electron chi connectivity index (χ1n) is 9.37. The summed E-state index contributed by atoms with van der Waals surface area (Å²) in [6.07, 6.45) is 1.82. The van der Waals surface area contributed by atoms with Crippen LogP contribution in [-0.2, 0) is 4.79 Å². The highest BCUT2D eigenvalue weighted by Gasteiger charge is 2.27. The van der Waals surface area contributed by atoms with Gasteiger partial charge in [0.05, 0.1) is 22.1 Å². The standard InChI is InChI=1S/C21H22ClFN4O2/c1-3-4-11-24-21(29)26-15-9-10-16-18(19(15)22)20(25-12-17(28)27(16)2)13-7-5-6-8-14(13)23/h5-10H,3-4,11-12H2,1-2H3,(H2,24,26,29). The maximum atomic E-state index is 14.5. The Kier molecular flexibility index (Phi) is 6.49. The number of anilines is 2. The van der Waals surface area contributed by atoms with Gasteiger partial charge in [-0.15, -0.1) is 0 Å². The molecule has 0 atom stereocenters. The molecule has 1 aliphatic rings. The SMILES string of the molecule is CCCCNC(=O)Nc1ccc2c(c1Cl)C(c1ccccc1F)=NCC(=O)N2C. The summed E-state index contributed by atoms with van der Waals surface area (Å²) in [6.45, 7) is 2.44. The lowest BCUT2D eigenvalue weighted by Gasteiger charge is -2.21. The molecule has 3 rings (SSSR count). The van der Waals surface area contributed by atoms with E-state index in [0.717, 1.165) is 12.8 Å². The van der Waals surface area contributed by atoms with Crippen molar-refractivity contribution in [2.45, 2.75) is 19.8 Å². The van der Waals surface area contributed by atoms with Gasteiger partial charge in [0.15, 0.2) is 0 Å². The van der Waals surface area contributed by atoms with Gasteiger partial charge < -0.3 is 15.5 Å². The lowest BCUT2D eigenvalue weighted by Crippen LogP contribution is -2.30. The van der Waals surface area contributed by atoms with E-state index in [2.05, 4.69) is 15.6 Å². The molecule has 3 amide bonds. The number of rotatable bonds is 5. The monoisotopic (exact) mass is 416 g/mol. The van der Waals surface area contributed by atoms with Crippen molar-refractivity contribution in [3.05, 3.63) is 58.4 Å². The number of halogens is 2. The lowest BCUT2D eigenvalue weighted by molar-refractivity contribution is -0.116. The van der Waals surface area contributed by atoms with Crippen molar-refractivity contribution < 1.29 is 14.0 Å². The Hall–Kier alpha value is -2.93. The average molecular weight is 417 g/mol. The van der Waals surface area contributed by atoms with Crippen molar-refractivity contribution in [2.75, 3.05) is 30.4 Å². The Balaban J connectivity index is 2.06. The number of urea groups is 1. The summed E-state index contributed by atoms with van der Waals surface area (Å²) in [7, 11) is 1.61. The van der Waals surface area contributed by atoms with Crippen molar-refractivity contribution in [2.24, 2.45) is 4.99 Å². The normalized spacial score (nSPS) is 13.4. The molecular weight excluding hydrogens is 395 g/mol. The summed E-state index contributed by atoms with van der Waals surface area (Å²) in [5.41, 5.74) is 1.76. The summed E-state index contributed by atoms with van der Waals surface area (Å²) in [6, 6.07) is 9.08. The minimum absolute atomic E-state index is 0.133. The van der Waals surface area contributed by atoms with Crippen LogP contribution in [-0.4, -0.2) is 37.8 Å². The van der Waals surface area contributed by atoms with E-state index >= 15 is 0 Å². The molecule has 0 saturated heterocycles.